The van der Waals surface area contributed by atoms with Gasteiger partial charge >= 0.3 is 0 Å². The van der Waals surface area contributed by atoms with Crippen molar-refractivity contribution in [3.63, 3.8) is 0 Å². The van der Waals surface area contributed by atoms with E-state index in [4.69, 9.17) is 9.47 Å². The van der Waals surface area contributed by atoms with Crippen molar-refractivity contribution in [3.8, 4) is 5.75 Å². The third-order valence-corrected chi connectivity index (χ3v) is 4.59. The average molecular weight is 250 g/mol. The summed E-state index contributed by atoms with van der Waals surface area (Å²) < 4.78 is 11.0. The lowest BCUT2D eigenvalue weighted by Crippen LogP contribution is -2.06. The zero-order chi connectivity index (χ0) is 12.1. The lowest BCUT2D eigenvalue weighted by atomic mass is 10.1. The van der Waals surface area contributed by atoms with E-state index in [1.807, 2.05) is 6.07 Å². The van der Waals surface area contributed by atoms with E-state index in [-0.39, 0.29) is 0 Å². The molecule has 1 aliphatic rings. The Morgan fingerprint density at radius 1 is 1.35 bits per heavy atom. The molecule has 0 aliphatic carbocycles. The van der Waals surface area contributed by atoms with Crippen molar-refractivity contribution in [2.75, 3.05) is 13.2 Å². The highest BCUT2D eigenvalue weighted by Crippen LogP contribution is 2.22. The summed E-state index contributed by atoms with van der Waals surface area (Å²) in [6.07, 6.45) is 2.78. The minimum absolute atomic E-state index is 0.339. The molecule has 0 aromatic heterocycles. The second kappa shape index (κ2) is 6.22. The van der Waals surface area contributed by atoms with E-state index < -0.39 is 8.80 Å². The number of aryl methyl sites for hydroxylation is 1. The predicted octanol–water partition coefficient (Wildman–Crippen LogP) is 2.88. The molecular weight excluding hydrogens is 228 g/mol. The van der Waals surface area contributed by atoms with Crippen LogP contribution in [0.1, 0.15) is 12.0 Å². The van der Waals surface area contributed by atoms with Crippen LogP contribution in [0, 0.1) is 0 Å². The summed E-state index contributed by atoms with van der Waals surface area (Å²) in [6, 6.07) is 9.82. The second-order valence-electron chi connectivity index (χ2n) is 5.16. The highest BCUT2D eigenvalue weighted by atomic mass is 28.3. The molecular formula is C14H22O2Si. The van der Waals surface area contributed by atoms with Crippen molar-refractivity contribution in [2.24, 2.45) is 0 Å². The fraction of sp³-hybridized carbons (Fsp3) is 0.571. The van der Waals surface area contributed by atoms with Crippen molar-refractivity contribution in [3.05, 3.63) is 29.8 Å². The molecule has 0 N–H and O–H groups in total. The Morgan fingerprint density at radius 3 is 2.82 bits per heavy atom. The molecule has 1 unspecified atom stereocenters. The summed E-state index contributed by atoms with van der Waals surface area (Å²) in [4.78, 5) is 0. The van der Waals surface area contributed by atoms with Gasteiger partial charge in [0, 0.05) is 8.80 Å². The molecule has 0 spiro atoms. The van der Waals surface area contributed by atoms with Gasteiger partial charge in [0.15, 0.2) is 0 Å². The van der Waals surface area contributed by atoms with Crippen LogP contribution in [-0.2, 0) is 11.2 Å². The van der Waals surface area contributed by atoms with Crippen LogP contribution < -0.4 is 4.74 Å². The Balaban J connectivity index is 1.85. The van der Waals surface area contributed by atoms with Crippen LogP contribution in [-0.4, -0.2) is 28.1 Å². The third-order valence-electron chi connectivity index (χ3n) is 3.03. The third kappa shape index (κ3) is 4.52. The standard InChI is InChI=1S/C14H22O2Si/c1-17(2)9-5-7-12-6-3-4-8-14(12)16-11-13-10-15-13/h3-4,6,8,13,17H,5,7,9-11H2,1-2H3. The first-order chi connectivity index (χ1) is 8.25. The van der Waals surface area contributed by atoms with Gasteiger partial charge < -0.3 is 9.47 Å². The lowest BCUT2D eigenvalue weighted by Gasteiger charge is -2.10. The average Bonchev–Trinajstić information content (AvgIpc) is 3.11. The first-order valence-electron chi connectivity index (χ1n) is 6.58. The molecule has 1 aromatic carbocycles. The molecule has 1 aliphatic heterocycles. The zero-order valence-corrected chi connectivity index (χ0v) is 12.0. The molecule has 94 valence electrons. The summed E-state index contributed by atoms with van der Waals surface area (Å²) in [5.41, 5.74) is 1.35. The maximum absolute atomic E-state index is 5.80. The Kier molecular flexibility index (Phi) is 4.63. The first kappa shape index (κ1) is 12.6. The number of para-hydroxylation sites is 1. The van der Waals surface area contributed by atoms with Crippen LogP contribution in [0.15, 0.2) is 24.3 Å². The van der Waals surface area contributed by atoms with Crippen LogP contribution in [0.2, 0.25) is 19.1 Å². The van der Waals surface area contributed by atoms with Gasteiger partial charge in [0.05, 0.1) is 6.61 Å². The van der Waals surface area contributed by atoms with E-state index in [0.717, 1.165) is 18.8 Å². The predicted molar refractivity (Wildman–Crippen MR) is 73.7 cm³/mol. The van der Waals surface area contributed by atoms with Gasteiger partial charge in [0.25, 0.3) is 0 Å². The van der Waals surface area contributed by atoms with Gasteiger partial charge in [-0.3, -0.25) is 0 Å². The largest absolute Gasteiger partial charge is 0.491 e. The van der Waals surface area contributed by atoms with Crippen molar-refractivity contribution in [1.29, 1.82) is 0 Å². The van der Waals surface area contributed by atoms with Gasteiger partial charge in [-0.05, 0) is 18.1 Å². The summed E-state index contributed by atoms with van der Waals surface area (Å²) in [5, 5.41) is 0. The van der Waals surface area contributed by atoms with Crippen LogP contribution in [0.5, 0.6) is 5.75 Å². The Hall–Kier alpha value is -0.803. The maximum atomic E-state index is 5.80. The molecule has 1 saturated heterocycles. The molecule has 17 heavy (non-hydrogen) atoms. The summed E-state index contributed by atoms with van der Waals surface area (Å²) in [7, 11) is -0.411. The number of benzene rings is 1. The van der Waals surface area contributed by atoms with Crippen molar-refractivity contribution in [1.82, 2.24) is 0 Å². The molecule has 1 heterocycles. The van der Waals surface area contributed by atoms with Gasteiger partial charge in [-0.15, -0.1) is 0 Å². The fourth-order valence-corrected chi connectivity index (χ4v) is 2.92. The highest BCUT2D eigenvalue weighted by Gasteiger charge is 2.23. The minimum atomic E-state index is -0.411. The van der Waals surface area contributed by atoms with E-state index in [1.165, 1.54) is 18.0 Å². The van der Waals surface area contributed by atoms with Crippen molar-refractivity contribution < 1.29 is 9.47 Å². The van der Waals surface area contributed by atoms with Gasteiger partial charge in [0.1, 0.15) is 18.5 Å². The van der Waals surface area contributed by atoms with Crippen molar-refractivity contribution >= 4 is 8.80 Å². The molecule has 1 aromatic rings. The number of hydrogen-bond donors (Lipinski definition) is 0. The normalized spacial score (nSPS) is 18.4. The van der Waals surface area contributed by atoms with Gasteiger partial charge in [-0.1, -0.05) is 43.8 Å². The molecule has 0 bridgehead atoms. The maximum Gasteiger partial charge on any atom is 0.122 e. The molecule has 0 amide bonds. The molecule has 1 fully saturated rings. The Morgan fingerprint density at radius 2 is 2.12 bits per heavy atom. The van der Waals surface area contributed by atoms with E-state index in [0.29, 0.717) is 12.7 Å². The smallest absolute Gasteiger partial charge is 0.122 e. The topological polar surface area (TPSA) is 21.8 Å². The van der Waals surface area contributed by atoms with Gasteiger partial charge in [-0.25, -0.2) is 0 Å². The Labute approximate surface area is 106 Å². The number of epoxide rings is 1. The quantitative estimate of drug-likeness (QED) is 0.548. The van der Waals surface area contributed by atoms with Crippen molar-refractivity contribution in [2.45, 2.75) is 38.1 Å². The lowest BCUT2D eigenvalue weighted by molar-refractivity contribution is 0.261. The van der Waals surface area contributed by atoms with E-state index in [9.17, 15) is 0 Å². The minimum Gasteiger partial charge on any atom is -0.491 e. The summed E-state index contributed by atoms with van der Waals surface area (Å²) in [6.45, 7) is 6.39. The monoisotopic (exact) mass is 250 g/mol. The zero-order valence-electron chi connectivity index (χ0n) is 10.8. The highest BCUT2D eigenvalue weighted by molar-refractivity contribution is 6.55. The SMILES string of the molecule is C[SiH](C)CCCc1ccccc1OCC1CO1. The van der Waals surface area contributed by atoms with Crippen LogP contribution in [0.25, 0.3) is 0 Å². The number of rotatable bonds is 7. The van der Waals surface area contributed by atoms with Crippen LogP contribution in [0.3, 0.4) is 0 Å². The van der Waals surface area contributed by atoms with E-state index in [2.05, 4.69) is 31.3 Å². The van der Waals surface area contributed by atoms with E-state index >= 15 is 0 Å². The second-order valence-corrected chi connectivity index (χ2v) is 8.53. The van der Waals surface area contributed by atoms with Crippen LogP contribution in [0.4, 0.5) is 0 Å². The molecule has 0 saturated carbocycles. The summed E-state index contributed by atoms with van der Waals surface area (Å²) in [5.74, 6) is 1.05. The van der Waals surface area contributed by atoms with Crippen LogP contribution >= 0.6 is 0 Å². The molecule has 3 heteroatoms. The number of ether oxygens (including phenoxy) is 2. The van der Waals surface area contributed by atoms with Gasteiger partial charge in [-0.2, -0.15) is 0 Å². The molecule has 2 rings (SSSR count). The molecule has 1 atom stereocenters. The fourth-order valence-electron chi connectivity index (χ4n) is 1.90. The number of hydrogen-bond acceptors (Lipinski definition) is 2. The first-order valence-corrected chi connectivity index (χ1v) is 9.70. The Bertz CT molecular complexity index is 348. The van der Waals surface area contributed by atoms with E-state index in [1.54, 1.807) is 0 Å². The summed E-state index contributed by atoms with van der Waals surface area (Å²) >= 11 is 0. The molecule has 0 radical (unpaired) electrons. The van der Waals surface area contributed by atoms with Gasteiger partial charge in [0.2, 0.25) is 0 Å². The molecule has 2 nitrogen and oxygen atoms in total.